The molecule has 1 aliphatic rings. The average molecular weight is 238 g/mol. The molecule has 0 aromatic carbocycles. The molecular weight excluding hydrogens is 224 g/mol. The highest BCUT2D eigenvalue weighted by atomic mass is 16.5. The zero-order chi connectivity index (χ0) is 12.1. The molecule has 0 bridgehead atoms. The molecule has 0 aliphatic carbocycles. The van der Waals surface area contributed by atoms with Crippen LogP contribution in [0.4, 0.5) is 10.6 Å². The molecule has 1 fully saturated rings. The molecule has 1 aromatic heterocycles. The van der Waals surface area contributed by atoms with Crippen molar-refractivity contribution in [2.24, 2.45) is 5.92 Å². The molecule has 7 nitrogen and oxygen atoms in total. The summed E-state index contributed by atoms with van der Waals surface area (Å²) < 4.78 is 4.55. The molecule has 3 amide bonds. The first kappa shape index (κ1) is 11.6. The van der Waals surface area contributed by atoms with Crippen molar-refractivity contribution in [3.05, 3.63) is 12.3 Å². The number of anilines is 1. The first-order valence-electron chi connectivity index (χ1n) is 5.48. The van der Waals surface area contributed by atoms with Gasteiger partial charge in [-0.1, -0.05) is 5.16 Å². The summed E-state index contributed by atoms with van der Waals surface area (Å²) in [6.07, 6.45) is 2.84. The van der Waals surface area contributed by atoms with Crippen LogP contribution in [0.5, 0.6) is 0 Å². The van der Waals surface area contributed by atoms with Gasteiger partial charge in [0, 0.05) is 12.0 Å². The van der Waals surface area contributed by atoms with E-state index in [1.807, 2.05) is 0 Å². The van der Waals surface area contributed by atoms with Crippen molar-refractivity contribution in [3.63, 3.8) is 0 Å². The van der Waals surface area contributed by atoms with Gasteiger partial charge in [0.05, 0.1) is 0 Å². The molecule has 1 aromatic rings. The molecule has 0 unspecified atom stereocenters. The lowest BCUT2D eigenvalue weighted by atomic mass is 9.97. The quantitative estimate of drug-likeness (QED) is 0.689. The van der Waals surface area contributed by atoms with Gasteiger partial charge in [0.25, 0.3) is 0 Å². The maximum atomic E-state index is 11.7. The van der Waals surface area contributed by atoms with Crippen molar-refractivity contribution < 1.29 is 14.1 Å². The Morgan fingerprint density at radius 3 is 2.82 bits per heavy atom. The summed E-state index contributed by atoms with van der Waals surface area (Å²) >= 11 is 0. The van der Waals surface area contributed by atoms with Crippen molar-refractivity contribution in [2.75, 3.05) is 18.4 Å². The first-order valence-corrected chi connectivity index (χ1v) is 5.48. The fraction of sp³-hybridized carbons (Fsp3) is 0.500. The highest BCUT2D eigenvalue weighted by Crippen LogP contribution is 2.11. The number of imide groups is 1. The fourth-order valence-corrected chi connectivity index (χ4v) is 1.72. The maximum absolute atomic E-state index is 11.7. The van der Waals surface area contributed by atoms with Crippen LogP contribution in [0.25, 0.3) is 0 Å². The van der Waals surface area contributed by atoms with E-state index >= 15 is 0 Å². The molecule has 1 saturated heterocycles. The van der Waals surface area contributed by atoms with Crippen LogP contribution < -0.4 is 16.0 Å². The Morgan fingerprint density at radius 2 is 2.18 bits per heavy atom. The third-order valence-electron chi connectivity index (χ3n) is 2.63. The van der Waals surface area contributed by atoms with Crippen LogP contribution in [0.15, 0.2) is 16.9 Å². The van der Waals surface area contributed by atoms with Crippen LogP contribution >= 0.6 is 0 Å². The average Bonchev–Trinajstić information content (AvgIpc) is 2.82. The molecule has 2 heterocycles. The van der Waals surface area contributed by atoms with Crippen molar-refractivity contribution in [2.45, 2.75) is 12.8 Å². The van der Waals surface area contributed by atoms with Gasteiger partial charge in [-0.2, -0.15) is 0 Å². The third-order valence-corrected chi connectivity index (χ3v) is 2.63. The number of rotatable bonds is 2. The van der Waals surface area contributed by atoms with Gasteiger partial charge in [0.1, 0.15) is 6.26 Å². The minimum atomic E-state index is -0.581. The number of aromatic nitrogens is 1. The van der Waals surface area contributed by atoms with Gasteiger partial charge >= 0.3 is 6.03 Å². The van der Waals surface area contributed by atoms with E-state index in [0.29, 0.717) is 0 Å². The minimum Gasteiger partial charge on any atom is -0.363 e. The lowest BCUT2D eigenvalue weighted by Gasteiger charge is -2.21. The SMILES string of the molecule is O=C(NC(=O)C1CCNCC1)Nc1ccon1. The van der Waals surface area contributed by atoms with Crippen molar-refractivity contribution in [1.82, 2.24) is 15.8 Å². The predicted molar refractivity (Wildman–Crippen MR) is 59.3 cm³/mol. The predicted octanol–water partition coefficient (Wildman–Crippen LogP) is 0.322. The van der Waals surface area contributed by atoms with E-state index in [-0.39, 0.29) is 17.6 Å². The number of piperidine rings is 1. The molecule has 92 valence electrons. The number of hydrogen-bond acceptors (Lipinski definition) is 5. The maximum Gasteiger partial charge on any atom is 0.327 e. The minimum absolute atomic E-state index is 0.0979. The Bertz CT molecular complexity index is 384. The first-order chi connectivity index (χ1) is 8.25. The number of hydrogen-bond donors (Lipinski definition) is 3. The van der Waals surface area contributed by atoms with Crippen LogP contribution in [0.2, 0.25) is 0 Å². The smallest absolute Gasteiger partial charge is 0.327 e. The molecule has 3 N–H and O–H groups in total. The second kappa shape index (κ2) is 5.44. The van der Waals surface area contributed by atoms with Gasteiger partial charge in [-0.25, -0.2) is 4.79 Å². The second-order valence-electron chi connectivity index (χ2n) is 3.85. The molecule has 1 aliphatic heterocycles. The van der Waals surface area contributed by atoms with Crippen LogP contribution in [-0.2, 0) is 4.79 Å². The molecule has 0 spiro atoms. The highest BCUT2D eigenvalue weighted by molar-refractivity contribution is 6.01. The van der Waals surface area contributed by atoms with Gasteiger partial charge in [0.2, 0.25) is 5.91 Å². The Morgan fingerprint density at radius 1 is 1.41 bits per heavy atom. The molecular formula is C10H14N4O3. The van der Waals surface area contributed by atoms with E-state index in [9.17, 15) is 9.59 Å². The fourth-order valence-electron chi connectivity index (χ4n) is 1.72. The van der Waals surface area contributed by atoms with Gasteiger partial charge < -0.3 is 9.84 Å². The zero-order valence-electron chi connectivity index (χ0n) is 9.23. The van der Waals surface area contributed by atoms with E-state index in [4.69, 9.17) is 0 Å². The normalized spacial score (nSPS) is 16.5. The Balaban J connectivity index is 1.79. The Kier molecular flexibility index (Phi) is 3.71. The summed E-state index contributed by atoms with van der Waals surface area (Å²) in [5.74, 6) is -0.0626. The summed E-state index contributed by atoms with van der Waals surface area (Å²) in [4.78, 5) is 23.1. The van der Waals surface area contributed by atoms with Gasteiger partial charge in [-0.3, -0.25) is 15.4 Å². The topological polar surface area (TPSA) is 96.3 Å². The zero-order valence-corrected chi connectivity index (χ0v) is 9.23. The van der Waals surface area contributed by atoms with Crippen molar-refractivity contribution >= 4 is 17.8 Å². The van der Waals surface area contributed by atoms with E-state index in [1.54, 1.807) is 0 Å². The monoisotopic (exact) mass is 238 g/mol. The van der Waals surface area contributed by atoms with E-state index in [0.717, 1.165) is 25.9 Å². The van der Waals surface area contributed by atoms with Crippen molar-refractivity contribution in [3.8, 4) is 0 Å². The molecule has 7 heteroatoms. The summed E-state index contributed by atoms with van der Waals surface area (Å²) in [6.45, 7) is 1.62. The van der Waals surface area contributed by atoms with E-state index < -0.39 is 6.03 Å². The molecule has 0 radical (unpaired) electrons. The standard InChI is InChI=1S/C10H14N4O3/c15-9(7-1-4-11-5-2-7)13-10(16)12-8-3-6-17-14-8/h3,6-7,11H,1-2,4-5H2,(H2,12,13,14,15,16). The van der Waals surface area contributed by atoms with E-state index in [2.05, 4.69) is 25.6 Å². The van der Waals surface area contributed by atoms with Gasteiger partial charge in [-0.05, 0) is 25.9 Å². The molecule has 0 saturated carbocycles. The summed E-state index contributed by atoms with van der Waals surface area (Å²) in [5.41, 5.74) is 0. The highest BCUT2D eigenvalue weighted by Gasteiger charge is 2.22. The number of nitrogens with one attached hydrogen (secondary N) is 3. The molecule has 17 heavy (non-hydrogen) atoms. The molecule has 2 rings (SSSR count). The van der Waals surface area contributed by atoms with Crippen LogP contribution in [0.3, 0.4) is 0 Å². The number of carbonyl (C=O) groups excluding carboxylic acids is 2. The van der Waals surface area contributed by atoms with Crippen LogP contribution in [-0.4, -0.2) is 30.2 Å². The number of urea groups is 1. The number of carbonyl (C=O) groups is 2. The number of nitrogens with zero attached hydrogens (tertiary/aromatic N) is 1. The van der Waals surface area contributed by atoms with Gasteiger partial charge in [0.15, 0.2) is 5.82 Å². The third kappa shape index (κ3) is 3.28. The Hall–Kier alpha value is -1.89. The molecule has 0 atom stereocenters. The summed E-state index contributed by atoms with van der Waals surface area (Å²) in [6, 6.07) is 0.914. The lowest BCUT2D eigenvalue weighted by Crippen LogP contribution is -2.42. The van der Waals surface area contributed by atoms with Crippen LogP contribution in [0.1, 0.15) is 12.8 Å². The van der Waals surface area contributed by atoms with Crippen LogP contribution in [0, 0.1) is 5.92 Å². The lowest BCUT2D eigenvalue weighted by molar-refractivity contribution is -0.124. The number of amides is 3. The second-order valence-corrected chi connectivity index (χ2v) is 3.85. The Labute approximate surface area is 97.9 Å². The summed E-state index contributed by atoms with van der Waals surface area (Å²) in [5, 5.41) is 11.4. The van der Waals surface area contributed by atoms with Gasteiger partial charge in [-0.15, -0.1) is 0 Å². The van der Waals surface area contributed by atoms with E-state index in [1.165, 1.54) is 12.3 Å². The largest absolute Gasteiger partial charge is 0.363 e. The van der Waals surface area contributed by atoms with Crippen molar-refractivity contribution in [1.29, 1.82) is 0 Å². The summed E-state index contributed by atoms with van der Waals surface area (Å²) in [7, 11) is 0.